The molecule has 0 aliphatic rings. The van der Waals surface area contributed by atoms with Gasteiger partial charge in [0.2, 0.25) is 0 Å². The molecule has 0 bridgehead atoms. The molecular weight excluding hydrogens is 364 g/mol. The average molecular weight is 413 g/mol. The molecule has 0 spiro atoms. The molecule has 0 radical (unpaired) electrons. The van der Waals surface area contributed by atoms with Crippen LogP contribution in [0, 0.1) is 0 Å². The van der Waals surface area contributed by atoms with Gasteiger partial charge in [0.1, 0.15) is 0 Å². The summed E-state index contributed by atoms with van der Waals surface area (Å²) in [4.78, 5) is 20.7. The van der Waals surface area contributed by atoms with Crippen molar-refractivity contribution < 1.29 is 19.4 Å². The molecule has 0 rings (SSSR count). The van der Waals surface area contributed by atoms with Gasteiger partial charge >= 0.3 is 11.9 Å². The number of carbonyl (C=O) groups is 2. The number of ether oxygens (including phenoxy) is 1. The maximum atomic E-state index is 10.3. The highest BCUT2D eigenvalue weighted by molar-refractivity contribution is 5.81. The van der Waals surface area contributed by atoms with Crippen LogP contribution in [0.2, 0.25) is 0 Å². The molecule has 0 amide bonds. The van der Waals surface area contributed by atoms with Gasteiger partial charge in [-0.1, -0.05) is 117 Å². The number of carboxylic acid groups (broad SMARTS) is 1. The van der Waals surface area contributed by atoms with Crippen LogP contribution in [0.1, 0.15) is 129 Å². The molecule has 0 fully saturated rings. The number of hydrogen-bond acceptors (Lipinski definition) is 3. The van der Waals surface area contributed by atoms with Gasteiger partial charge in [-0.15, -0.1) is 0 Å². The third-order valence-electron chi connectivity index (χ3n) is 4.90. The molecular formula is C25H48O4. The van der Waals surface area contributed by atoms with E-state index in [0.29, 0.717) is 13.0 Å². The standard InChI is InChI=1S/C18H36O2.C7H12O2/c1-2-3-4-5-6-7-8-9-10-11-12-13-14-15-16-17-18(19)20;1-3-5-6-9-7(8)4-2/h2-17H2,1H3,(H,19,20);4H,2-3,5-6H2,1H3. The van der Waals surface area contributed by atoms with Crippen LogP contribution in [0.4, 0.5) is 0 Å². The van der Waals surface area contributed by atoms with Crippen LogP contribution in [0.25, 0.3) is 0 Å². The smallest absolute Gasteiger partial charge is 0.330 e. The maximum absolute atomic E-state index is 10.3. The fraction of sp³-hybridized carbons (Fsp3) is 0.840. The second-order valence-electron chi connectivity index (χ2n) is 7.82. The van der Waals surface area contributed by atoms with Gasteiger partial charge in [0.15, 0.2) is 0 Å². The molecule has 0 aromatic heterocycles. The van der Waals surface area contributed by atoms with Gasteiger partial charge in [0.25, 0.3) is 0 Å². The second-order valence-corrected chi connectivity index (χ2v) is 7.82. The van der Waals surface area contributed by atoms with Gasteiger partial charge < -0.3 is 9.84 Å². The number of esters is 1. The lowest BCUT2D eigenvalue weighted by Crippen LogP contribution is -2.00. The lowest BCUT2D eigenvalue weighted by atomic mass is 10.0. The molecule has 0 unspecified atom stereocenters. The number of carbonyl (C=O) groups excluding carboxylic acids is 1. The maximum Gasteiger partial charge on any atom is 0.330 e. The molecule has 4 nitrogen and oxygen atoms in total. The Kier molecular flexibility index (Phi) is 27.5. The van der Waals surface area contributed by atoms with Gasteiger partial charge in [0, 0.05) is 12.5 Å². The molecule has 4 heteroatoms. The van der Waals surface area contributed by atoms with E-state index in [1.807, 2.05) is 6.92 Å². The topological polar surface area (TPSA) is 63.6 Å². The predicted octanol–water partition coefficient (Wildman–Crippen LogP) is 7.85. The Morgan fingerprint density at radius 2 is 1.07 bits per heavy atom. The zero-order valence-corrected chi connectivity index (χ0v) is 19.4. The monoisotopic (exact) mass is 412 g/mol. The van der Waals surface area contributed by atoms with E-state index in [2.05, 4.69) is 18.2 Å². The zero-order chi connectivity index (χ0) is 22.0. The van der Waals surface area contributed by atoms with E-state index in [4.69, 9.17) is 5.11 Å². The summed E-state index contributed by atoms with van der Waals surface area (Å²) in [5.74, 6) is -0.983. The number of hydrogen-bond donors (Lipinski definition) is 1. The van der Waals surface area contributed by atoms with Gasteiger partial charge in [-0.3, -0.25) is 4.79 Å². The molecule has 1 N–H and O–H groups in total. The number of carboxylic acids is 1. The van der Waals surface area contributed by atoms with Crippen molar-refractivity contribution in [2.24, 2.45) is 0 Å². The first-order valence-electron chi connectivity index (χ1n) is 12.1. The minimum atomic E-state index is -0.653. The van der Waals surface area contributed by atoms with Gasteiger partial charge in [-0.2, -0.15) is 0 Å². The molecule has 0 aromatic carbocycles. The Balaban J connectivity index is 0. The van der Waals surface area contributed by atoms with Crippen molar-refractivity contribution in [2.45, 2.75) is 129 Å². The Bertz CT molecular complexity index is 366. The van der Waals surface area contributed by atoms with Crippen LogP contribution in [0.15, 0.2) is 12.7 Å². The molecule has 0 saturated carbocycles. The lowest BCUT2D eigenvalue weighted by molar-refractivity contribution is -0.138. The van der Waals surface area contributed by atoms with Crippen molar-refractivity contribution in [1.82, 2.24) is 0 Å². The van der Waals surface area contributed by atoms with Gasteiger partial charge in [-0.25, -0.2) is 4.79 Å². The van der Waals surface area contributed by atoms with E-state index >= 15 is 0 Å². The first-order chi connectivity index (χ1) is 14.1. The second kappa shape index (κ2) is 26.7. The fourth-order valence-electron chi connectivity index (χ4n) is 3.02. The van der Waals surface area contributed by atoms with Crippen LogP contribution >= 0.6 is 0 Å². The Morgan fingerprint density at radius 3 is 1.41 bits per heavy atom. The fourth-order valence-corrected chi connectivity index (χ4v) is 3.02. The number of aliphatic carboxylic acids is 1. The zero-order valence-electron chi connectivity index (χ0n) is 19.4. The van der Waals surface area contributed by atoms with Gasteiger partial charge in [0.05, 0.1) is 6.61 Å². The molecule has 0 aliphatic carbocycles. The Hall–Kier alpha value is -1.32. The highest BCUT2D eigenvalue weighted by Crippen LogP contribution is 2.13. The van der Waals surface area contributed by atoms with Crippen LogP contribution < -0.4 is 0 Å². The average Bonchev–Trinajstić information content (AvgIpc) is 2.71. The Morgan fingerprint density at radius 1 is 0.690 bits per heavy atom. The van der Waals surface area contributed by atoms with Crippen LogP contribution in [-0.2, 0) is 14.3 Å². The summed E-state index contributed by atoms with van der Waals surface area (Å²) in [6, 6.07) is 0. The van der Waals surface area contributed by atoms with Crippen molar-refractivity contribution in [1.29, 1.82) is 0 Å². The minimum Gasteiger partial charge on any atom is -0.481 e. The van der Waals surface area contributed by atoms with E-state index < -0.39 is 5.97 Å². The summed E-state index contributed by atoms with van der Waals surface area (Å²) < 4.78 is 4.67. The first kappa shape index (κ1) is 29.9. The van der Waals surface area contributed by atoms with E-state index in [9.17, 15) is 9.59 Å². The number of rotatable bonds is 20. The van der Waals surface area contributed by atoms with Gasteiger partial charge in [-0.05, 0) is 12.8 Å². The molecule has 0 aliphatic heterocycles. The third kappa shape index (κ3) is 31.6. The van der Waals surface area contributed by atoms with Crippen molar-refractivity contribution in [2.75, 3.05) is 6.61 Å². The molecule has 0 aromatic rings. The summed E-state index contributed by atoms with van der Waals surface area (Å²) in [6.45, 7) is 8.09. The van der Waals surface area contributed by atoms with E-state index in [0.717, 1.165) is 25.7 Å². The Labute approximate surface area is 180 Å². The minimum absolute atomic E-state index is 0.330. The number of unbranched alkanes of at least 4 members (excludes halogenated alkanes) is 15. The van der Waals surface area contributed by atoms with Crippen molar-refractivity contribution in [3.63, 3.8) is 0 Å². The molecule has 0 atom stereocenters. The third-order valence-corrected chi connectivity index (χ3v) is 4.90. The molecule has 29 heavy (non-hydrogen) atoms. The van der Waals surface area contributed by atoms with E-state index in [1.54, 1.807) is 0 Å². The van der Waals surface area contributed by atoms with Crippen molar-refractivity contribution >= 4 is 11.9 Å². The summed E-state index contributed by atoms with van der Waals surface area (Å²) in [5, 5.41) is 8.52. The lowest BCUT2D eigenvalue weighted by Gasteiger charge is -2.03. The summed E-state index contributed by atoms with van der Waals surface area (Å²) in [6.07, 6.45) is 23.4. The molecule has 0 saturated heterocycles. The largest absolute Gasteiger partial charge is 0.481 e. The highest BCUT2D eigenvalue weighted by atomic mass is 16.5. The van der Waals surface area contributed by atoms with Crippen molar-refractivity contribution in [3.05, 3.63) is 12.7 Å². The summed E-state index contributed by atoms with van der Waals surface area (Å²) in [7, 11) is 0. The van der Waals surface area contributed by atoms with Crippen molar-refractivity contribution in [3.8, 4) is 0 Å². The first-order valence-corrected chi connectivity index (χ1v) is 12.1. The molecule has 0 heterocycles. The van der Waals surface area contributed by atoms with Crippen LogP contribution in [0.3, 0.4) is 0 Å². The van der Waals surface area contributed by atoms with E-state index in [-0.39, 0.29) is 5.97 Å². The summed E-state index contributed by atoms with van der Waals surface area (Å²) in [5.41, 5.74) is 0. The summed E-state index contributed by atoms with van der Waals surface area (Å²) >= 11 is 0. The predicted molar refractivity (Wildman–Crippen MR) is 123 cm³/mol. The van der Waals surface area contributed by atoms with Crippen LogP contribution in [0.5, 0.6) is 0 Å². The molecule has 172 valence electrons. The van der Waals surface area contributed by atoms with E-state index in [1.165, 1.54) is 89.5 Å². The normalized spacial score (nSPS) is 10.1. The SMILES string of the molecule is C=CC(=O)OCCCC.CCCCCCCCCCCCCCCCCC(=O)O. The van der Waals surface area contributed by atoms with Crippen LogP contribution in [-0.4, -0.2) is 23.7 Å². The quantitative estimate of drug-likeness (QED) is 0.126. The highest BCUT2D eigenvalue weighted by Gasteiger charge is 1.97.